The van der Waals surface area contributed by atoms with E-state index in [2.05, 4.69) is 31.3 Å². The van der Waals surface area contributed by atoms with Gasteiger partial charge in [0.25, 0.3) is 0 Å². The molecule has 0 bridgehead atoms. The maximum absolute atomic E-state index is 6.46. The highest BCUT2D eigenvalue weighted by Gasteiger charge is 2.41. The quantitative estimate of drug-likeness (QED) is 0.903. The van der Waals surface area contributed by atoms with Gasteiger partial charge in [0.05, 0.1) is 6.10 Å². The van der Waals surface area contributed by atoms with E-state index in [0.29, 0.717) is 6.04 Å². The summed E-state index contributed by atoms with van der Waals surface area (Å²) in [4.78, 5) is 0. The first-order chi connectivity index (χ1) is 10.1. The normalized spacial score (nSPS) is 23.7. The van der Waals surface area contributed by atoms with E-state index in [9.17, 15) is 0 Å². The van der Waals surface area contributed by atoms with Crippen LogP contribution in [0.1, 0.15) is 64.0 Å². The lowest BCUT2D eigenvalue weighted by Crippen LogP contribution is -2.45. The van der Waals surface area contributed by atoms with Crippen molar-refractivity contribution in [1.82, 2.24) is 5.32 Å². The third-order valence-electron chi connectivity index (χ3n) is 4.74. The number of fused-ring (bicyclic) bond motifs is 1. The Bertz CT molecular complexity index is 492. The van der Waals surface area contributed by atoms with E-state index in [1.165, 1.54) is 37.7 Å². The van der Waals surface area contributed by atoms with Gasteiger partial charge in [0, 0.05) is 18.0 Å². The Labute approximate surface area is 128 Å². The molecule has 1 heterocycles. The fourth-order valence-electron chi connectivity index (χ4n) is 3.75. The predicted molar refractivity (Wildman–Crippen MR) is 85.1 cm³/mol. The summed E-state index contributed by atoms with van der Waals surface area (Å²) in [7, 11) is 2.05. The third kappa shape index (κ3) is 3.03. The molecule has 3 rings (SSSR count). The van der Waals surface area contributed by atoms with Gasteiger partial charge in [0.15, 0.2) is 0 Å². The van der Waals surface area contributed by atoms with Crippen LogP contribution in [-0.4, -0.2) is 18.8 Å². The summed E-state index contributed by atoms with van der Waals surface area (Å²) >= 11 is 0. The van der Waals surface area contributed by atoms with Gasteiger partial charge in [-0.15, -0.1) is 0 Å². The monoisotopic (exact) mass is 289 g/mol. The largest absolute Gasteiger partial charge is 0.491 e. The highest BCUT2D eigenvalue weighted by molar-refractivity contribution is 5.44. The SMILES string of the molecule is CNC1CC2(CCCCC2)Oc2ccc(OC(C)C)cc21. The van der Waals surface area contributed by atoms with E-state index >= 15 is 0 Å². The summed E-state index contributed by atoms with van der Waals surface area (Å²) in [6.07, 6.45) is 7.58. The number of hydrogen-bond donors (Lipinski definition) is 1. The number of hydrogen-bond acceptors (Lipinski definition) is 3. The van der Waals surface area contributed by atoms with Gasteiger partial charge in [-0.3, -0.25) is 0 Å². The zero-order valence-corrected chi connectivity index (χ0v) is 13.4. The first kappa shape index (κ1) is 14.7. The van der Waals surface area contributed by atoms with E-state index in [1.807, 2.05) is 13.1 Å². The van der Waals surface area contributed by atoms with Gasteiger partial charge in [-0.1, -0.05) is 6.42 Å². The van der Waals surface area contributed by atoms with Gasteiger partial charge in [-0.2, -0.15) is 0 Å². The van der Waals surface area contributed by atoms with Crippen LogP contribution in [0.5, 0.6) is 11.5 Å². The zero-order valence-electron chi connectivity index (χ0n) is 13.4. The van der Waals surface area contributed by atoms with E-state index in [1.54, 1.807) is 0 Å². The Kier molecular flexibility index (Phi) is 4.12. The molecule has 21 heavy (non-hydrogen) atoms. The van der Waals surface area contributed by atoms with Crippen LogP contribution in [0.25, 0.3) is 0 Å². The molecule has 3 nitrogen and oxygen atoms in total. The smallest absolute Gasteiger partial charge is 0.125 e. The van der Waals surface area contributed by atoms with Crippen molar-refractivity contribution in [2.75, 3.05) is 7.05 Å². The van der Waals surface area contributed by atoms with Crippen LogP contribution in [0.4, 0.5) is 0 Å². The molecular weight excluding hydrogens is 262 g/mol. The van der Waals surface area contributed by atoms with Crippen LogP contribution >= 0.6 is 0 Å². The molecule has 0 amide bonds. The van der Waals surface area contributed by atoms with Crippen molar-refractivity contribution in [3.63, 3.8) is 0 Å². The van der Waals surface area contributed by atoms with Gasteiger partial charge in [-0.05, 0) is 64.8 Å². The van der Waals surface area contributed by atoms with Crippen LogP contribution in [-0.2, 0) is 0 Å². The summed E-state index contributed by atoms with van der Waals surface area (Å²) < 4.78 is 12.3. The first-order valence-corrected chi connectivity index (χ1v) is 8.29. The molecule has 2 aliphatic rings. The zero-order chi connectivity index (χ0) is 14.9. The van der Waals surface area contributed by atoms with Crippen molar-refractivity contribution in [2.45, 2.75) is 70.1 Å². The molecule has 1 aromatic carbocycles. The topological polar surface area (TPSA) is 30.5 Å². The second-order valence-electron chi connectivity index (χ2n) is 6.76. The molecule has 0 aromatic heterocycles. The second-order valence-corrected chi connectivity index (χ2v) is 6.76. The molecule has 1 aliphatic carbocycles. The van der Waals surface area contributed by atoms with Gasteiger partial charge < -0.3 is 14.8 Å². The molecular formula is C18H27NO2. The van der Waals surface area contributed by atoms with E-state index in [0.717, 1.165) is 17.9 Å². The summed E-state index contributed by atoms with van der Waals surface area (Å²) in [5.74, 6) is 1.98. The number of rotatable bonds is 3. The van der Waals surface area contributed by atoms with Crippen LogP contribution in [0.2, 0.25) is 0 Å². The number of benzene rings is 1. The lowest BCUT2D eigenvalue weighted by atomic mass is 9.77. The van der Waals surface area contributed by atoms with Crippen molar-refractivity contribution in [2.24, 2.45) is 0 Å². The minimum Gasteiger partial charge on any atom is -0.491 e. The lowest BCUT2D eigenvalue weighted by molar-refractivity contribution is -0.00192. The maximum Gasteiger partial charge on any atom is 0.125 e. The standard InChI is InChI=1S/C18H27NO2/c1-13(2)20-14-7-8-17-15(11-14)16(19-3)12-18(21-17)9-5-4-6-10-18/h7-8,11,13,16,19H,4-6,9-10,12H2,1-3H3. The van der Waals surface area contributed by atoms with E-state index < -0.39 is 0 Å². The minimum absolute atomic E-state index is 0.0549. The van der Waals surface area contributed by atoms with Gasteiger partial charge in [0.1, 0.15) is 17.1 Å². The lowest BCUT2D eigenvalue weighted by Gasteiger charge is -2.44. The molecule has 0 saturated heterocycles. The Morgan fingerprint density at radius 1 is 1.24 bits per heavy atom. The third-order valence-corrected chi connectivity index (χ3v) is 4.74. The first-order valence-electron chi connectivity index (χ1n) is 8.29. The molecule has 1 fully saturated rings. The highest BCUT2D eigenvalue weighted by atomic mass is 16.5. The summed E-state index contributed by atoms with van der Waals surface area (Å²) in [6, 6.07) is 6.63. The average molecular weight is 289 g/mol. The van der Waals surface area contributed by atoms with Crippen LogP contribution in [0.3, 0.4) is 0 Å². The van der Waals surface area contributed by atoms with E-state index in [-0.39, 0.29) is 11.7 Å². The van der Waals surface area contributed by atoms with E-state index in [4.69, 9.17) is 9.47 Å². The van der Waals surface area contributed by atoms with Crippen LogP contribution < -0.4 is 14.8 Å². The summed E-state index contributed by atoms with van der Waals surface area (Å²) in [5, 5.41) is 3.48. The Morgan fingerprint density at radius 2 is 2.00 bits per heavy atom. The molecule has 116 valence electrons. The Balaban J connectivity index is 1.89. The van der Waals surface area contributed by atoms with Crippen molar-refractivity contribution in [1.29, 1.82) is 0 Å². The van der Waals surface area contributed by atoms with Crippen molar-refractivity contribution >= 4 is 0 Å². The molecule has 1 spiro atoms. The van der Waals surface area contributed by atoms with Crippen molar-refractivity contribution < 1.29 is 9.47 Å². The van der Waals surface area contributed by atoms with Crippen molar-refractivity contribution in [3.8, 4) is 11.5 Å². The summed E-state index contributed by atoms with van der Waals surface area (Å²) in [6.45, 7) is 4.12. The number of nitrogens with one attached hydrogen (secondary N) is 1. The highest BCUT2D eigenvalue weighted by Crippen LogP contribution is 2.46. The second kappa shape index (κ2) is 5.88. The molecule has 1 atom stereocenters. The molecule has 1 unspecified atom stereocenters. The van der Waals surface area contributed by atoms with Crippen LogP contribution in [0.15, 0.2) is 18.2 Å². The van der Waals surface area contributed by atoms with Crippen molar-refractivity contribution in [3.05, 3.63) is 23.8 Å². The molecule has 1 N–H and O–H groups in total. The minimum atomic E-state index is 0.0549. The van der Waals surface area contributed by atoms with Gasteiger partial charge in [0.2, 0.25) is 0 Å². The van der Waals surface area contributed by atoms with Gasteiger partial charge in [-0.25, -0.2) is 0 Å². The molecule has 0 radical (unpaired) electrons. The Morgan fingerprint density at radius 3 is 2.67 bits per heavy atom. The number of ether oxygens (including phenoxy) is 2. The summed E-state index contributed by atoms with van der Waals surface area (Å²) in [5.41, 5.74) is 1.30. The van der Waals surface area contributed by atoms with Crippen LogP contribution in [0, 0.1) is 0 Å². The fraction of sp³-hybridized carbons (Fsp3) is 0.667. The molecule has 1 aromatic rings. The molecule has 1 saturated carbocycles. The Hall–Kier alpha value is -1.22. The maximum atomic E-state index is 6.46. The average Bonchev–Trinajstić information content (AvgIpc) is 2.47. The molecule has 3 heteroatoms. The van der Waals surface area contributed by atoms with Gasteiger partial charge >= 0.3 is 0 Å². The molecule has 1 aliphatic heterocycles. The predicted octanol–water partition coefficient (Wildman–Crippen LogP) is 4.22. The fourth-order valence-corrected chi connectivity index (χ4v) is 3.75.